The molecule has 1 atom stereocenters. The van der Waals surface area contributed by atoms with Crippen LogP contribution in [0.3, 0.4) is 0 Å². The van der Waals surface area contributed by atoms with Gasteiger partial charge >= 0.3 is 0 Å². The molecular formula is C13H17ClN2O2. The molecule has 1 heterocycles. The van der Waals surface area contributed by atoms with Crippen LogP contribution >= 0.6 is 11.6 Å². The normalized spacial score (nSPS) is 12.9. The van der Waals surface area contributed by atoms with Crippen molar-refractivity contribution >= 4 is 22.6 Å². The Labute approximate surface area is 111 Å². The van der Waals surface area contributed by atoms with Gasteiger partial charge in [-0.05, 0) is 19.1 Å². The maximum Gasteiger partial charge on any atom is 0.124 e. The summed E-state index contributed by atoms with van der Waals surface area (Å²) < 4.78 is 12.6. The summed E-state index contributed by atoms with van der Waals surface area (Å²) in [5.41, 5.74) is 1.95. The SMILES string of the molecule is COc1ccc2c(c1)nc(CCl)n2CC(C)OC. The van der Waals surface area contributed by atoms with Crippen molar-refractivity contribution in [3.05, 3.63) is 24.0 Å². The lowest BCUT2D eigenvalue weighted by Gasteiger charge is -2.13. The monoisotopic (exact) mass is 268 g/mol. The number of halogens is 1. The van der Waals surface area contributed by atoms with Crippen LogP contribution in [0.4, 0.5) is 0 Å². The average molecular weight is 269 g/mol. The molecule has 0 fully saturated rings. The molecule has 0 aliphatic rings. The molecule has 1 unspecified atom stereocenters. The molecule has 4 nitrogen and oxygen atoms in total. The Morgan fingerprint density at radius 1 is 1.39 bits per heavy atom. The molecule has 0 N–H and O–H groups in total. The third kappa shape index (κ3) is 2.44. The van der Waals surface area contributed by atoms with Gasteiger partial charge in [0.05, 0.1) is 36.7 Å². The second-order valence-electron chi connectivity index (χ2n) is 4.17. The molecule has 98 valence electrons. The minimum absolute atomic E-state index is 0.117. The topological polar surface area (TPSA) is 36.3 Å². The average Bonchev–Trinajstić information content (AvgIpc) is 2.75. The number of hydrogen-bond donors (Lipinski definition) is 0. The van der Waals surface area contributed by atoms with E-state index in [0.29, 0.717) is 5.88 Å². The summed E-state index contributed by atoms with van der Waals surface area (Å²) in [6.45, 7) is 2.76. The number of methoxy groups -OCH3 is 2. The lowest BCUT2D eigenvalue weighted by molar-refractivity contribution is 0.103. The number of rotatable bonds is 5. The fraction of sp³-hybridized carbons (Fsp3) is 0.462. The summed E-state index contributed by atoms with van der Waals surface area (Å²) in [5, 5.41) is 0. The van der Waals surface area contributed by atoms with Crippen molar-refractivity contribution in [2.24, 2.45) is 0 Å². The summed E-state index contributed by atoms with van der Waals surface area (Å²) in [4.78, 5) is 4.52. The molecule has 18 heavy (non-hydrogen) atoms. The largest absolute Gasteiger partial charge is 0.497 e. The van der Waals surface area contributed by atoms with Crippen LogP contribution in [0.25, 0.3) is 11.0 Å². The summed E-state index contributed by atoms with van der Waals surface area (Å²) in [6.07, 6.45) is 0.117. The van der Waals surface area contributed by atoms with E-state index >= 15 is 0 Å². The molecule has 5 heteroatoms. The van der Waals surface area contributed by atoms with E-state index in [4.69, 9.17) is 21.1 Å². The van der Waals surface area contributed by atoms with Crippen LogP contribution in [-0.2, 0) is 17.2 Å². The maximum absolute atomic E-state index is 5.95. The fourth-order valence-corrected chi connectivity index (χ4v) is 2.13. The lowest BCUT2D eigenvalue weighted by atomic mass is 10.3. The fourth-order valence-electron chi connectivity index (χ4n) is 1.92. The van der Waals surface area contributed by atoms with Crippen LogP contribution < -0.4 is 4.74 Å². The van der Waals surface area contributed by atoms with Crippen LogP contribution in [-0.4, -0.2) is 29.9 Å². The quantitative estimate of drug-likeness (QED) is 0.783. The minimum Gasteiger partial charge on any atom is -0.497 e. The number of nitrogens with zero attached hydrogens (tertiary/aromatic N) is 2. The molecule has 2 aromatic rings. The number of benzene rings is 1. The van der Waals surface area contributed by atoms with Crippen molar-refractivity contribution in [3.63, 3.8) is 0 Å². The van der Waals surface area contributed by atoms with E-state index in [-0.39, 0.29) is 6.10 Å². The Morgan fingerprint density at radius 3 is 2.78 bits per heavy atom. The van der Waals surface area contributed by atoms with Crippen LogP contribution in [0.5, 0.6) is 5.75 Å². The Morgan fingerprint density at radius 2 is 2.17 bits per heavy atom. The van der Waals surface area contributed by atoms with Crippen molar-refractivity contribution in [3.8, 4) is 5.75 Å². The Balaban J connectivity index is 2.48. The zero-order chi connectivity index (χ0) is 13.1. The van der Waals surface area contributed by atoms with Gasteiger partial charge in [0, 0.05) is 13.2 Å². The smallest absolute Gasteiger partial charge is 0.124 e. The van der Waals surface area contributed by atoms with Crippen molar-refractivity contribution in [2.45, 2.75) is 25.5 Å². The van der Waals surface area contributed by atoms with E-state index in [9.17, 15) is 0 Å². The van der Waals surface area contributed by atoms with E-state index in [0.717, 1.165) is 29.2 Å². The summed E-state index contributed by atoms with van der Waals surface area (Å²) in [7, 11) is 3.35. The second kappa shape index (κ2) is 5.59. The summed E-state index contributed by atoms with van der Waals surface area (Å²) in [6, 6.07) is 5.84. The Bertz CT molecular complexity index is 539. The van der Waals surface area contributed by atoms with Crippen LogP contribution in [0, 0.1) is 0 Å². The predicted molar refractivity (Wildman–Crippen MR) is 72.3 cm³/mol. The van der Waals surface area contributed by atoms with Crippen LogP contribution in [0.2, 0.25) is 0 Å². The second-order valence-corrected chi connectivity index (χ2v) is 4.44. The maximum atomic E-state index is 5.95. The van der Waals surface area contributed by atoms with Gasteiger partial charge in [0.1, 0.15) is 11.6 Å². The van der Waals surface area contributed by atoms with Crippen molar-refractivity contribution in [1.82, 2.24) is 9.55 Å². The zero-order valence-electron chi connectivity index (χ0n) is 10.8. The first-order valence-electron chi connectivity index (χ1n) is 5.81. The highest BCUT2D eigenvalue weighted by Crippen LogP contribution is 2.23. The third-order valence-electron chi connectivity index (χ3n) is 3.00. The molecule has 0 aliphatic carbocycles. The summed E-state index contributed by atoms with van der Waals surface area (Å²) >= 11 is 5.95. The van der Waals surface area contributed by atoms with Crippen molar-refractivity contribution in [1.29, 1.82) is 0 Å². The highest BCUT2D eigenvalue weighted by molar-refractivity contribution is 6.16. The van der Waals surface area contributed by atoms with Gasteiger partial charge in [0.15, 0.2) is 0 Å². The van der Waals surface area contributed by atoms with Gasteiger partial charge in [0.25, 0.3) is 0 Å². The van der Waals surface area contributed by atoms with Gasteiger partial charge in [-0.3, -0.25) is 0 Å². The number of fused-ring (bicyclic) bond motifs is 1. The minimum atomic E-state index is 0.117. The zero-order valence-corrected chi connectivity index (χ0v) is 11.6. The molecule has 1 aromatic heterocycles. The Kier molecular flexibility index (Phi) is 4.09. The molecule has 0 bridgehead atoms. The first kappa shape index (κ1) is 13.2. The van der Waals surface area contributed by atoms with E-state index in [1.807, 2.05) is 25.1 Å². The third-order valence-corrected chi connectivity index (χ3v) is 3.24. The standard InChI is InChI=1S/C13H17ClN2O2/c1-9(17-2)8-16-12-5-4-10(18-3)6-11(12)15-13(16)7-14/h4-6,9H,7-8H2,1-3H3. The molecule has 0 saturated heterocycles. The van der Waals surface area contributed by atoms with E-state index in [2.05, 4.69) is 9.55 Å². The number of aromatic nitrogens is 2. The van der Waals surface area contributed by atoms with Crippen molar-refractivity contribution < 1.29 is 9.47 Å². The molecule has 0 saturated carbocycles. The predicted octanol–water partition coefficient (Wildman–Crippen LogP) is 2.82. The van der Waals surface area contributed by atoms with E-state index in [1.54, 1.807) is 14.2 Å². The first-order valence-corrected chi connectivity index (χ1v) is 6.35. The molecule has 0 spiro atoms. The Hall–Kier alpha value is -1.26. The van der Waals surface area contributed by atoms with Gasteiger partial charge < -0.3 is 14.0 Å². The molecule has 2 rings (SSSR count). The molecular weight excluding hydrogens is 252 g/mol. The van der Waals surface area contributed by atoms with Crippen LogP contribution in [0.15, 0.2) is 18.2 Å². The van der Waals surface area contributed by atoms with Crippen molar-refractivity contribution in [2.75, 3.05) is 14.2 Å². The van der Waals surface area contributed by atoms with Gasteiger partial charge in [0.2, 0.25) is 0 Å². The number of hydrogen-bond acceptors (Lipinski definition) is 3. The van der Waals surface area contributed by atoms with E-state index < -0.39 is 0 Å². The van der Waals surface area contributed by atoms with E-state index in [1.165, 1.54) is 0 Å². The van der Waals surface area contributed by atoms with Gasteiger partial charge in [-0.1, -0.05) is 0 Å². The highest BCUT2D eigenvalue weighted by atomic mass is 35.5. The number of imidazole rings is 1. The number of ether oxygens (including phenoxy) is 2. The highest BCUT2D eigenvalue weighted by Gasteiger charge is 2.13. The lowest BCUT2D eigenvalue weighted by Crippen LogP contribution is -2.16. The van der Waals surface area contributed by atoms with Gasteiger partial charge in [-0.25, -0.2) is 4.98 Å². The first-order chi connectivity index (χ1) is 8.69. The number of alkyl halides is 1. The van der Waals surface area contributed by atoms with Gasteiger partial charge in [-0.2, -0.15) is 0 Å². The molecule has 1 aromatic carbocycles. The molecule has 0 amide bonds. The molecule has 0 aliphatic heterocycles. The summed E-state index contributed by atoms with van der Waals surface area (Å²) in [5.74, 6) is 2.03. The van der Waals surface area contributed by atoms with Crippen LogP contribution in [0.1, 0.15) is 12.7 Å². The van der Waals surface area contributed by atoms with Gasteiger partial charge in [-0.15, -0.1) is 11.6 Å². The molecule has 0 radical (unpaired) electrons.